The maximum atomic E-state index is 12.2. The van der Waals surface area contributed by atoms with Crippen molar-refractivity contribution in [3.8, 4) is 0 Å². The zero-order chi connectivity index (χ0) is 13.2. The molecular formula is C11H18N4OS. The number of carbonyl (C=O) groups is 1. The van der Waals surface area contributed by atoms with Gasteiger partial charge >= 0.3 is 0 Å². The van der Waals surface area contributed by atoms with Crippen molar-refractivity contribution < 1.29 is 4.79 Å². The van der Waals surface area contributed by atoms with E-state index in [2.05, 4.69) is 5.10 Å². The third-order valence-electron chi connectivity index (χ3n) is 2.73. The molecule has 0 spiro atoms. The molecular weight excluding hydrogens is 236 g/mol. The van der Waals surface area contributed by atoms with Crippen molar-refractivity contribution in [1.82, 2.24) is 14.7 Å². The summed E-state index contributed by atoms with van der Waals surface area (Å²) in [5.74, 6) is -0.118. The minimum atomic E-state index is -0.266. The van der Waals surface area contributed by atoms with Gasteiger partial charge in [-0.3, -0.25) is 9.48 Å². The van der Waals surface area contributed by atoms with Gasteiger partial charge in [0.2, 0.25) is 0 Å². The van der Waals surface area contributed by atoms with E-state index in [1.807, 2.05) is 13.8 Å². The normalized spacial score (nSPS) is 12.2. The van der Waals surface area contributed by atoms with Crippen LogP contribution in [-0.2, 0) is 6.54 Å². The lowest BCUT2D eigenvalue weighted by atomic mass is 10.2. The van der Waals surface area contributed by atoms with Crippen molar-refractivity contribution >= 4 is 23.1 Å². The zero-order valence-corrected chi connectivity index (χ0v) is 11.4. The first-order chi connectivity index (χ1) is 7.88. The Balaban J connectivity index is 2.99. The van der Waals surface area contributed by atoms with Crippen LogP contribution in [0.2, 0.25) is 0 Å². The summed E-state index contributed by atoms with van der Waals surface area (Å²) in [7, 11) is 1.69. The van der Waals surface area contributed by atoms with Gasteiger partial charge in [-0.2, -0.15) is 5.10 Å². The summed E-state index contributed by atoms with van der Waals surface area (Å²) < 4.78 is 1.68. The highest BCUT2D eigenvalue weighted by atomic mass is 32.1. The van der Waals surface area contributed by atoms with Gasteiger partial charge in [-0.05, 0) is 26.8 Å². The summed E-state index contributed by atoms with van der Waals surface area (Å²) in [4.78, 5) is 14.1. The molecule has 0 radical (unpaired) electrons. The minimum absolute atomic E-state index is 0.118. The van der Waals surface area contributed by atoms with Gasteiger partial charge in [-0.25, -0.2) is 0 Å². The number of hydrogen-bond acceptors (Lipinski definition) is 3. The number of aromatic nitrogens is 2. The molecule has 1 unspecified atom stereocenters. The van der Waals surface area contributed by atoms with Crippen molar-refractivity contribution in [3.63, 3.8) is 0 Å². The van der Waals surface area contributed by atoms with E-state index in [0.717, 1.165) is 5.69 Å². The molecule has 1 aromatic rings. The number of thiocarbonyl (C=S) groups is 1. The second-order valence-corrected chi connectivity index (χ2v) is 4.45. The van der Waals surface area contributed by atoms with E-state index < -0.39 is 0 Å². The predicted octanol–water partition coefficient (Wildman–Crippen LogP) is 0.958. The molecule has 6 heteroatoms. The van der Waals surface area contributed by atoms with Gasteiger partial charge in [0.15, 0.2) is 0 Å². The maximum absolute atomic E-state index is 12.2. The van der Waals surface area contributed by atoms with Gasteiger partial charge in [0.1, 0.15) is 5.69 Å². The average Bonchev–Trinajstić information content (AvgIpc) is 2.67. The van der Waals surface area contributed by atoms with E-state index in [9.17, 15) is 4.79 Å². The summed E-state index contributed by atoms with van der Waals surface area (Å²) >= 11 is 4.89. The Kier molecular flexibility index (Phi) is 4.22. The van der Waals surface area contributed by atoms with Crippen LogP contribution >= 0.6 is 12.2 Å². The number of nitrogens with zero attached hydrogens (tertiary/aromatic N) is 3. The quantitative estimate of drug-likeness (QED) is 0.813. The standard InChI is InChI=1S/C11H18N4OS/c1-5-15-9(6-7(2)13-15)11(16)14(4)8(3)10(12)17/h6,8H,5H2,1-4H3,(H2,12,17). The fourth-order valence-corrected chi connectivity index (χ4v) is 1.66. The number of likely N-dealkylation sites (N-methyl/N-ethyl adjacent to an activating group) is 1. The van der Waals surface area contributed by atoms with E-state index in [1.165, 1.54) is 4.90 Å². The summed E-state index contributed by atoms with van der Waals surface area (Å²) in [5.41, 5.74) is 6.93. The topological polar surface area (TPSA) is 64.2 Å². The average molecular weight is 254 g/mol. The van der Waals surface area contributed by atoms with Crippen LogP contribution in [0.15, 0.2) is 6.07 Å². The molecule has 0 aliphatic heterocycles. The van der Waals surface area contributed by atoms with Crippen molar-refractivity contribution in [2.24, 2.45) is 5.73 Å². The fourth-order valence-electron chi connectivity index (χ4n) is 1.51. The number of carbonyl (C=O) groups excluding carboxylic acids is 1. The molecule has 0 fully saturated rings. The molecule has 1 heterocycles. The lowest BCUT2D eigenvalue weighted by Gasteiger charge is -2.23. The molecule has 2 N–H and O–H groups in total. The van der Waals surface area contributed by atoms with Crippen LogP contribution in [-0.4, -0.2) is 38.7 Å². The van der Waals surface area contributed by atoms with Crippen LogP contribution in [0.4, 0.5) is 0 Å². The number of aryl methyl sites for hydroxylation is 2. The predicted molar refractivity (Wildman–Crippen MR) is 71.0 cm³/mol. The Morgan fingerprint density at radius 1 is 1.71 bits per heavy atom. The van der Waals surface area contributed by atoms with Gasteiger partial charge in [-0.15, -0.1) is 0 Å². The van der Waals surface area contributed by atoms with Crippen molar-refractivity contribution in [2.45, 2.75) is 33.4 Å². The maximum Gasteiger partial charge on any atom is 0.272 e. The first kappa shape index (κ1) is 13.6. The van der Waals surface area contributed by atoms with Gasteiger partial charge in [0.25, 0.3) is 5.91 Å². The molecule has 0 saturated heterocycles. The minimum Gasteiger partial charge on any atom is -0.392 e. The molecule has 1 aromatic heterocycles. The Labute approximate surface area is 107 Å². The SMILES string of the molecule is CCn1nc(C)cc1C(=O)N(C)C(C)C(N)=S. The highest BCUT2D eigenvalue weighted by Crippen LogP contribution is 2.09. The smallest absolute Gasteiger partial charge is 0.272 e. The van der Waals surface area contributed by atoms with Crippen molar-refractivity contribution in [2.75, 3.05) is 7.05 Å². The molecule has 5 nitrogen and oxygen atoms in total. The molecule has 1 rings (SSSR count). The third-order valence-corrected chi connectivity index (χ3v) is 3.07. The van der Waals surface area contributed by atoms with Crippen molar-refractivity contribution in [1.29, 1.82) is 0 Å². The van der Waals surface area contributed by atoms with Gasteiger partial charge < -0.3 is 10.6 Å². The fraction of sp³-hybridized carbons (Fsp3) is 0.545. The molecule has 0 aromatic carbocycles. The van der Waals surface area contributed by atoms with E-state index in [0.29, 0.717) is 17.2 Å². The number of amides is 1. The number of rotatable bonds is 4. The molecule has 0 bridgehead atoms. The van der Waals surface area contributed by atoms with Crippen LogP contribution in [0.3, 0.4) is 0 Å². The van der Waals surface area contributed by atoms with E-state index >= 15 is 0 Å². The molecule has 0 saturated carbocycles. The lowest BCUT2D eigenvalue weighted by Crippen LogP contribution is -2.43. The Hall–Kier alpha value is -1.43. The Bertz CT molecular complexity index is 441. The molecule has 1 amide bonds. The van der Waals surface area contributed by atoms with Gasteiger partial charge in [-0.1, -0.05) is 12.2 Å². The second kappa shape index (κ2) is 5.27. The second-order valence-electron chi connectivity index (χ2n) is 3.98. The molecule has 0 aliphatic rings. The lowest BCUT2D eigenvalue weighted by molar-refractivity contribution is 0.0766. The number of hydrogen-bond donors (Lipinski definition) is 1. The monoisotopic (exact) mass is 254 g/mol. The van der Waals surface area contributed by atoms with Gasteiger partial charge in [0, 0.05) is 13.6 Å². The first-order valence-electron chi connectivity index (χ1n) is 5.49. The van der Waals surface area contributed by atoms with E-state index in [4.69, 9.17) is 18.0 Å². The third kappa shape index (κ3) is 2.82. The summed E-state index contributed by atoms with van der Waals surface area (Å²) in [5, 5.41) is 4.24. The van der Waals surface area contributed by atoms with Crippen molar-refractivity contribution in [3.05, 3.63) is 17.5 Å². The zero-order valence-electron chi connectivity index (χ0n) is 10.6. The van der Waals surface area contributed by atoms with E-state index in [1.54, 1.807) is 24.7 Å². The molecule has 94 valence electrons. The Morgan fingerprint density at radius 2 is 2.29 bits per heavy atom. The summed E-state index contributed by atoms with van der Waals surface area (Å²) in [6.45, 7) is 6.27. The largest absolute Gasteiger partial charge is 0.392 e. The summed E-state index contributed by atoms with van der Waals surface area (Å²) in [6.07, 6.45) is 0. The van der Waals surface area contributed by atoms with Crippen LogP contribution in [0.1, 0.15) is 30.0 Å². The van der Waals surface area contributed by atoms with Crippen LogP contribution in [0.5, 0.6) is 0 Å². The van der Waals surface area contributed by atoms with Crippen LogP contribution in [0, 0.1) is 6.92 Å². The van der Waals surface area contributed by atoms with Crippen LogP contribution < -0.4 is 5.73 Å². The molecule has 1 atom stereocenters. The highest BCUT2D eigenvalue weighted by molar-refractivity contribution is 7.80. The highest BCUT2D eigenvalue weighted by Gasteiger charge is 2.22. The van der Waals surface area contributed by atoms with Crippen LogP contribution in [0.25, 0.3) is 0 Å². The van der Waals surface area contributed by atoms with E-state index in [-0.39, 0.29) is 11.9 Å². The van der Waals surface area contributed by atoms with Gasteiger partial charge in [0.05, 0.1) is 16.7 Å². The molecule has 0 aliphatic carbocycles. The Morgan fingerprint density at radius 3 is 2.76 bits per heavy atom. The first-order valence-corrected chi connectivity index (χ1v) is 5.90. The summed E-state index contributed by atoms with van der Waals surface area (Å²) in [6, 6.07) is 1.51. The number of nitrogens with two attached hydrogens (primary N) is 1. The molecule has 17 heavy (non-hydrogen) atoms.